The van der Waals surface area contributed by atoms with Crippen LogP contribution in [0.5, 0.6) is 5.75 Å². The maximum absolute atomic E-state index is 12.9. The summed E-state index contributed by atoms with van der Waals surface area (Å²) in [5, 5.41) is 6.99. The molecule has 0 radical (unpaired) electrons. The molecule has 0 aliphatic heterocycles. The Balaban J connectivity index is 1.98. The topological polar surface area (TPSA) is 257 Å². The second-order valence-corrected chi connectivity index (χ2v) is 13.9. The third kappa shape index (κ3) is 6.51. The zero-order valence-corrected chi connectivity index (χ0v) is 23.3. The molecule has 4 rings (SSSR count). The van der Waals surface area contributed by atoms with Gasteiger partial charge in [-0.1, -0.05) is 18.2 Å². The van der Waals surface area contributed by atoms with E-state index in [2.05, 4.69) is 10.2 Å². The average Bonchev–Trinajstić information content (AvgIpc) is 2.86. The normalized spacial score (nSPS) is 13.0. The van der Waals surface area contributed by atoms with Gasteiger partial charge in [0.15, 0.2) is 5.75 Å². The fourth-order valence-corrected chi connectivity index (χ4v) is 6.13. The molecule has 0 unspecified atom stereocenters. The van der Waals surface area contributed by atoms with Crippen molar-refractivity contribution in [2.45, 2.75) is 19.6 Å². The SMILES string of the molecule is Nc1ccc(N=Nc2cc(S(=O)(=O)O)ccc2S(=O)(=O)O)c2cc(S(=O)(=O)O)cc(OS(=O)(=O)c3ccccc3)c12. The van der Waals surface area contributed by atoms with Gasteiger partial charge in [0.25, 0.3) is 30.4 Å². The molecule has 41 heavy (non-hydrogen) atoms. The molecule has 0 amide bonds. The Labute approximate surface area is 233 Å². The Kier molecular flexibility index (Phi) is 7.64. The maximum atomic E-state index is 12.9. The van der Waals surface area contributed by atoms with E-state index in [0.29, 0.717) is 24.3 Å². The van der Waals surface area contributed by atoms with Crippen molar-refractivity contribution in [1.82, 2.24) is 0 Å². The van der Waals surface area contributed by atoms with Gasteiger partial charge in [-0.2, -0.15) is 33.7 Å². The van der Waals surface area contributed by atoms with Crippen molar-refractivity contribution in [3.05, 3.63) is 72.8 Å². The molecule has 0 saturated heterocycles. The van der Waals surface area contributed by atoms with E-state index in [1.54, 1.807) is 6.07 Å². The van der Waals surface area contributed by atoms with Gasteiger partial charge in [0, 0.05) is 17.1 Å². The van der Waals surface area contributed by atoms with Crippen LogP contribution in [0.25, 0.3) is 10.8 Å². The molecule has 5 N–H and O–H groups in total. The zero-order valence-electron chi connectivity index (χ0n) is 20.0. The number of hydrogen-bond donors (Lipinski definition) is 4. The van der Waals surface area contributed by atoms with E-state index in [-0.39, 0.29) is 27.0 Å². The summed E-state index contributed by atoms with van der Waals surface area (Å²) in [5.41, 5.74) is 4.86. The van der Waals surface area contributed by atoms with E-state index in [0.717, 1.165) is 12.1 Å². The molecule has 0 aliphatic rings. The summed E-state index contributed by atoms with van der Waals surface area (Å²) in [5.74, 6) is -0.625. The van der Waals surface area contributed by atoms with E-state index >= 15 is 0 Å². The molecule has 0 saturated carbocycles. The van der Waals surface area contributed by atoms with E-state index in [9.17, 15) is 47.3 Å². The fraction of sp³-hybridized carbons (Fsp3) is 0. The van der Waals surface area contributed by atoms with Crippen molar-refractivity contribution < 1.29 is 51.5 Å². The molecule has 4 aromatic carbocycles. The summed E-state index contributed by atoms with van der Waals surface area (Å²) >= 11 is 0. The number of nitrogen functional groups attached to an aromatic ring is 1. The van der Waals surface area contributed by atoms with E-state index in [4.69, 9.17) is 9.92 Å². The minimum absolute atomic E-state index is 0.133. The van der Waals surface area contributed by atoms with Gasteiger partial charge >= 0.3 is 10.1 Å². The van der Waals surface area contributed by atoms with Crippen molar-refractivity contribution >= 4 is 68.3 Å². The molecule has 0 aromatic heterocycles. The third-order valence-electron chi connectivity index (χ3n) is 5.36. The number of nitrogens with two attached hydrogens (primary N) is 1. The largest absolute Gasteiger partial charge is 0.398 e. The maximum Gasteiger partial charge on any atom is 0.339 e. The minimum Gasteiger partial charge on any atom is -0.398 e. The molecular weight excluding hydrogens is 627 g/mol. The highest BCUT2D eigenvalue weighted by molar-refractivity contribution is 7.87. The average molecular weight is 644 g/mol. The van der Waals surface area contributed by atoms with Crippen LogP contribution in [0.15, 0.2) is 103 Å². The molecule has 0 heterocycles. The lowest BCUT2D eigenvalue weighted by molar-refractivity contribution is 0.477. The highest BCUT2D eigenvalue weighted by Crippen LogP contribution is 2.41. The number of hydrogen-bond acceptors (Lipinski definition) is 12. The molecule has 0 spiro atoms. The van der Waals surface area contributed by atoms with Gasteiger partial charge in [0.1, 0.15) is 15.5 Å². The molecule has 0 atom stereocenters. The van der Waals surface area contributed by atoms with Gasteiger partial charge in [0.2, 0.25) is 0 Å². The van der Waals surface area contributed by atoms with E-state index < -0.39 is 66.6 Å². The quantitative estimate of drug-likeness (QED) is 0.0930. The van der Waals surface area contributed by atoms with Crippen LogP contribution >= 0.6 is 0 Å². The number of nitrogens with zero attached hydrogens (tertiary/aromatic N) is 2. The van der Waals surface area contributed by atoms with E-state index in [1.807, 2.05) is 0 Å². The standard InChI is InChI=1S/C22H17N3O12S4/c23-17-7-8-18(24-25-19-11-14(38(26,27)28)6-9-21(19)40(32,33)34)16-10-15(39(29,30)31)12-20(22(16)17)37-41(35,36)13-4-2-1-3-5-13/h1-12H,23H2,(H,26,27,28)(H,29,30,31)(H,32,33,34). The Morgan fingerprint density at radius 2 is 1.22 bits per heavy atom. The molecule has 0 fully saturated rings. The van der Waals surface area contributed by atoms with Crippen molar-refractivity contribution in [3.63, 3.8) is 0 Å². The second kappa shape index (κ2) is 10.4. The minimum atomic E-state index is -4.98. The lowest BCUT2D eigenvalue weighted by atomic mass is 10.1. The molecular formula is C22H17N3O12S4. The Morgan fingerprint density at radius 1 is 0.610 bits per heavy atom. The van der Waals surface area contributed by atoms with E-state index in [1.165, 1.54) is 30.3 Å². The first-order valence-corrected chi connectivity index (χ1v) is 16.4. The molecule has 19 heteroatoms. The Morgan fingerprint density at radius 3 is 1.80 bits per heavy atom. The first-order chi connectivity index (χ1) is 18.9. The zero-order chi connectivity index (χ0) is 30.4. The highest BCUT2D eigenvalue weighted by Gasteiger charge is 2.24. The number of anilines is 1. The van der Waals surface area contributed by atoms with Gasteiger partial charge in [-0.3, -0.25) is 13.7 Å². The van der Waals surface area contributed by atoms with Crippen LogP contribution in [0.1, 0.15) is 0 Å². The van der Waals surface area contributed by atoms with Crippen LogP contribution < -0.4 is 9.92 Å². The van der Waals surface area contributed by atoms with Crippen LogP contribution in [-0.2, 0) is 40.5 Å². The first kappa shape index (κ1) is 30.0. The smallest absolute Gasteiger partial charge is 0.339 e. The summed E-state index contributed by atoms with van der Waals surface area (Å²) < 4.78 is 130. The van der Waals surface area contributed by atoms with Crippen LogP contribution in [0, 0.1) is 0 Å². The van der Waals surface area contributed by atoms with Crippen molar-refractivity contribution in [2.75, 3.05) is 5.73 Å². The van der Waals surface area contributed by atoms with Crippen LogP contribution in [-0.4, -0.2) is 47.3 Å². The summed E-state index contributed by atoms with van der Waals surface area (Å²) in [4.78, 5) is -2.82. The van der Waals surface area contributed by atoms with Crippen LogP contribution in [0.4, 0.5) is 17.1 Å². The monoisotopic (exact) mass is 643 g/mol. The summed E-state index contributed by atoms with van der Waals surface area (Å²) in [7, 11) is -19.3. The molecule has 4 aromatic rings. The van der Waals surface area contributed by atoms with Gasteiger partial charge in [-0.25, -0.2) is 0 Å². The van der Waals surface area contributed by atoms with Crippen molar-refractivity contribution in [3.8, 4) is 5.75 Å². The summed E-state index contributed by atoms with van der Waals surface area (Å²) in [6.07, 6.45) is 0. The lowest BCUT2D eigenvalue weighted by Crippen LogP contribution is -2.11. The molecule has 15 nitrogen and oxygen atoms in total. The van der Waals surface area contributed by atoms with Gasteiger partial charge in [-0.05, 0) is 48.5 Å². The summed E-state index contributed by atoms with van der Waals surface area (Å²) in [6.45, 7) is 0. The first-order valence-electron chi connectivity index (χ1n) is 10.7. The van der Waals surface area contributed by atoms with Crippen LogP contribution in [0.3, 0.4) is 0 Å². The second-order valence-electron chi connectivity index (χ2n) is 8.12. The number of azo groups is 1. The van der Waals surface area contributed by atoms with Crippen molar-refractivity contribution in [2.24, 2.45) is 10.2 Å². The van der Waals surface area contributed by atoms with Crippen LogP contribution in [0.2, 0.25) is 0 Å². The lowest BCUT2D eigenvalue weighted by Gasteiger charge is -2.14. The highest BCUT2D eigenvalue weighted by atomic mass is 32.2. The van der Waals surface area contributed by atoms with Crippen molar-refractivity contribution in [1.29, 1.82) is 0 Å². The van der Waals surface area contributed by atoms with Gasteiger partial charge in [0.05, 0.1) is 20.9 Å². The Bertz CT molecular complexity index is 2170. The predicted molar refractivity (Wildman–Crippen MR) is 143 cm³/mol. The fourth-order valence-electron chi connectivity index (χ4n) is 3.55. The molecule has 0 bridgehead atoms. The Hall–Kier alpha value is -3.98. The number of rotatable bonds is 8. The predicted octanol–water partition coefficient (Wildman–Crippen LogP) is 3.35. The molecule has 0 aliphatic carbocycles. The molecule has 216 valence electrons. The van der Waals surface area contributed by atoms with Gasteiger partial charge in [-0.15, -0.1) is 10.2 Å². The van der Waals surface area contributed by atoms with Gasteiger partial charge < -0.3 is 9.92 Å². The number of benzene rings is 4. The number of fused-ring (bicyclic) bond motifs is 1. The third-order valence-corrected chi connectivity index (χ3v) is 9.19. The summed E-state index contributed by atoms with van der Waals surface area (Å²) in [6, 6.07) is 12.6.